The lowest BCUT2D eigenvalue weighted by molar-refractivity contribution is 0.188. The normalized spacial score (nSPS) is 29.8. The van der Waals surface area contributed by atoms with Gasteiger partial charge in [-0.25, -0.2) is 4.39 Å². The summed E-state index contributed by atoms with van der Waals surface area (Å²) >= 11 is 5.82. The van der Waals surface area contributed by atoms with Crippen molar-refractivity contribution in [2.24, 2.45) is 17.8 Å². The van der Waals surface area contributed by atoms with E-state index in [0.717, 1.165) is 17.4 Å². The Balaban J connectivity index is 1.66. The van der Waals surface area contributed by atoms with Gasteiger partial charge in [0.1, 0.15) is 0 Å². The van der Waals surface area contributed by atoms with Crippen LogP contribution in [-0.4, -0.2) is 6.61 Å². The van der Waals surface area contributed by atoms with Crippen LogP contribution in [0.4, 0.5) is 4.39 Å². The summed E-state index contributed by atoms with van der Waals surface area (Å²) in [5.41, 5.74) is 0.750. The molecule has 3 rings (SSSR count). The molecule has 2 aliphatic carbocycles. The molecule has 2 fully saturated rings. The van der Waals surface area contributed by atoms with Gasteiger partial charge in [-0.2, -0.15) is 0 Å². The van der Waals surface area contributed by atoms with Crippen LogP contribution in [0.15, 0.2) is 18.2 Å². The van der Waals surface area contributed by atoms with E-state index in [1.54, 1.807) is 6.07 Å². The smallest absolute Gasteiger partial charge is 0.165 e. The van der Waals surface area contributed by atoms with Crippen molar-refractivity contribution in [1.82, 2.24) is 0 Å². The lowest BCUT2D eigenvalue weighted by atomic mass is 9.89. The van der Waals surface area contributed by atoms with Gasteiger partial charge < -0.3 is 4.74 Å². The summed E-state index contributed by atoms with van der Waals surface area (Å²) in [6.45, 7) is 0.645. The first-order valence-corrected chi connectivity index (χ1v) is 7.27. The van der Waals surface area contributed by atoms with E-state index in [4.69, 9.17) is 16.3 Å². The van der Waals surface area contributed by atoms with Gasteiger partial charge in [0.05, 0.1) is 12.5 Å². The molecule has 0 heterocycles. The van der Waals surface area contributed by atoms with Gasteiger partial charge in [0.15, 0.2) is 11.6 Å². The zero-order chi connectivity index (χ0) is 12.5. The van der Waals surface area contributed by atoms with Crippen molar-refractivity contribution in [2.45, 2.75) is 31.6 Å². The molecule has 0 spiro atoms. The van der Waals surface area contributed by atoms with Gasteiger partial charge in [0.2, 0.25) is 0 Å². The van der Waals surface area contributed by atoms with E-state index < -0.39 is 0 Å². The van der Waals surface area contributed by atoms with E-state index in [0.29, 0.717) is 24.2 Å². The second kappa shape index (κ2) is 5.08. The van der Waals surface area contributed by atoms with Gasteiger partial charge in [-0.15, -0.1) is 11.6 Å². The fraction of sp³-hybridized carbons (Fsp3) is 0.600. The van der Waals surface area contributed by atoms with Gasteiger partial charge in [0, 0.05) is 5.56 Å². The first-order chi connectivity index (χ1) is 8.78. The first-order valence-electron chi connectivity index (χ1n) is 6.74. The topological polar surface area (TPSA) is 9.23 Å². The van der Waals surface area contributed by atoms with E-state index in [9.17, 15) is 4.39 Å². The highest BCUT2D eigenvalue weighted by molar-refractivity contribution is 6.17. The average Bonchev–Trinajstić information content (AvgIpc) is 2.99. The minimum absolute atomic E-state index is 0.295. The Hall–Kier alpha value is -0.760. The van der Waals surface area contributed by atoms with E-state index >= 15 is 0 Å². The summed E-state index contributed by atoms with van der Waals surface area (Å²) in [5, 5.41) is 0. The monoisotopic (exact) mass is 268 g/mol. The maximum atomic E-state index is 13.7. The fourth-order valence-electron chi connectivity index (χ4n) is 3.59. The molecular formula is C15H18ClFO. The molecule has 1 nitrogen and oxygen atoms in total. The molecule has 1 aromatic carbocycles. The van der Waals surface area contributed by atoms with E-state index in [1.807, 2.05) is 6.07 Å². The van der Waals surface area contributed by atoms with E-state index in [2.05, 4.69) is 0 Å². The van der Waals surface area contributed by atoms with Crippen LogP contribution in [-0.2, 0) is 5.88 Å². The number of benzene rings is 1. The van der Waals surface area contributed by atoms with Crippen molar-refractivity contribution in [3.05, 3.63) is 29.6 Å². The van der Waals surface area contributed by atoms with Gasteiger partial charge >= 0.3 is 0 Å². The molecule has 98 valence electrons. The number of hydrogen-bond donors (Lipinski definition) is 0. The minimum atomic E-state index is -0.295. The number of hydrogen-bond acceptors (Lipinski definition) is 1. The van der Waals surface area contributed by atoms with Crippen LogP contribution in [0.1, 0.15) is 31.2 Å². The Morgan fingerprint density at radius 1 is 1.28 bits per heavy atom. The second-order valence-corrected chi connectivity index (χ2v) is 5.87. The molecule has 3 atom stereocenters. The lowest BCUT2D eigenvalue weighted by Crippen LogP contribution is -2.19. The van der Waals surface area contributed by atoms with Crippen molar-refractivity contribution in [1.29, 1.82) is 0 Å². The third-order valence-electron chi connectivity index (χ3n) is 4.52. The van der Waals surface area contributed by atoms with Crippen LogP contribution in [0.3, 0.4) is 0 Å². The highest BCUT2D eigenvalue weighted by atomic mass is 35.5. The van der Waals surface area contributed by atoms with E-state index in [-0.39, 0.29) is 5.82 Å². The summed E-state index contributed by atoms with van der Waals surface area (Å²) < 4.78 is 19.5. The van der Waals surface area contributed by atoms with Gasteiger partial charge in [-0.3, -0.25) is 0 Å². The number of halogens is 2. The average molecular weight is 269 g/mol. The molecular weight excluding hydrogens is 251 g/mol. The first kappa shape index (κ1) is 12.3. The molecule has 3 unspecified atom stereocenters. The second-order valence-electron chi connectivity index (χ2n) is 5.61. The van der Waals surface area contributed by atoms with Gasteiger partial charge in [-0.05, 0) is 43.1 Å². The van der Waals surface area contributed by atoms with Crippen LogP contribution < -0.4 is 4.74 Å². The summed E-state index contributed by atoms with van der Waals surface area (Å²) in [6.07, 6.45) is 5.33. The fourth-order valence-corrected chi connectivity index (χ4v) is 3.80. The number of para-hydroxylation sites is 1. The summed E-state index contributed by atoms with van der Waals surface area (Å²) in [5.74, 6) is 2.68. The molecule has 3 heteroatoms. The van der Waals surface area contributed by atoms with Crippen LogP contribution >= 0.6 is 11.6 Å². The Labute approximate surface area is 112 Å². The maximum Gasteiger partial charge on any atom is 0.165 e. The predicted molar refractivity (Wildman–Crippen MR) is 70.4 cm³/mol. The van der Waals surface area contributed by atoms with Gasteiger partial charge in [-0.1, -0.05) is 18.6 Å². The Bertz CT molecular complexity index is 435. The van der Waals surface area contributed by atoms with E-state index in [1.165, 1.54) is 31.7 Å². The summed E-state index contributed by atoms with van der Waals surface area (Å²) in [4.78, 5) is 0. The standard InChI is InChI=1S/C15H18ClFO/c16-8-12-2-1-3-14(17)15(12)18-9-13-7-10-4-5-11(13)6-10/h1-3,10-11,13H,4-9H2. The van der Waals surface area contributed by atoms with Gasteiger partial charge in [0.25, 0.3) is 0 Å². The molecule has 2 aliphatic rings. The molecule has 18 heavy (non-hydrogen) atoms. The molecule has 0 N–H and O–H groups in total. The molecule has 0 amide bonds. The van der Waals surface area contributed by atoms with Crippen LogP contribution in [0.25, 0.3) is 0 Å². The molecule has 0 aliphatic heterocycles. The highest BCUT2D eigenvalue weighted by Crippen LogP contribution is 2.48. The number of rotatable bonds is 4. The third-order valence-corrected chi connectivity index (χ3v) is 4.81. The van der Waals surface area contributed by atoms with Crippen LogP contribution in [0.5, 0.6) is 5.75 Å². The van der Waals surface area contributed by atoms with Crippen LogP contribution in [0, 0.1) is 23.6 Å². The Morgan fingerprint density at radius 2 is 2.17 bits per heavy atom. The van der Waals surface area contributed by atoms with Crippen molar-refractivity contribution in [3.8, 4) is 5.75 Å². The SMILES string of the molecule is Fc1cccc(CCl)c1OCC1CC2CCC1C2. The quantitative estimate of drug-likeness (QED) is 0.737. The predicted octanol–water partition coefficient (Wildman–Crippen LogP) is 4.38. The molecule has 0 aromatic heterocycles. The summed E-state index contributed by atoms with van der Waals surface area (Å²) in [7, 11) is 0. The molecule has 0 radical (unpaired) electrons. The Kier molecular flexibility index (Phi) is 3.47. The Morgan fingerprint density at radius 3 is 2.83 bits per heavy atom. The zero-order valence-electron chi connectivity index (χ0n) is 10.4. The van der Waals surface area contributed by atoms with Crippen molar-refractivity contribution < 1.29 is 9.13 Å². The molecule has 2 bridgehead atoms. The lowest BCUT2D eigenvalue weighted by Gasteiger charge is -2.22. The number of ether oxygens (including phenoxy) is 1. The molecule has 1 aromatic rings. The summed E-state index contributed by atoms with van der Waals surface area (Å²) in [6, 6.07) is 4.94. The third kappa shape index (κ3) is 2.23. The molecule has 0 saturated heterocycles. The highest BCUT2D eigenvalue weighted by Gasteiger charge is 2.39. The largest absolute Gasteiger partial charge is 0.490 e. The van der Waals surface area contributed by atoms with Crippen molar-refractivity contribution in [3.63, 3.8) is 0 Å². The van der Waals surface area contributed by atoms with Crippen molar-refractivity contribution >= 4 is 11.6 Å². The zero-order valence-corrected chi connectivity index (χ0v) is 11.1. The van der Waals surface area contributed by atoms with Crippen molar-refractivity contribution in [2.75, 3.05) is 6.61 Å². The maximum absolute atomic E-state index is 13.7. The minimum Gasteiger partial charge on any atom is -0.490 e. The number of fused-ring (bicyclic) bond motifs is 2. The number of alkyl halides is 1. The van der Waals surface area contributed by atoms with Crippen LogP contribution in [0.2, 0.25) is 0 Å². The molecule has 2 saturated carbocycles.